The number of thioether (sulfide) groups is 1. The second kappa shape index (κ2) is 4.96. The zero-order valence-corrected chi connectivity index (χ0v) is 11.8. The van der Waals surface area contributed by atoms with Gasteiger partial charge in [-0.25, -0.2) is 0 Å². The fourth-order valence-electron chi connectivity index (χ4n) is 2.58. The molecule has 0 radical (unpaired) electrons. The van der Waals surface area contributed by atoms with Crippen LogP contribution in [0.4, 0.5) is 0 Å². The number of hydrogen-bond donors (Lipinski definition) is 1. The maximum absolute atomic E-state index is 4.75. The molecule has 0 spiro atoms. The molecule has 2 nitrogen and oxygen atoms in total. The molecule has 0 amide bonds. The van der Waals surface area contributed by atoms with Gasteiger partial charge in [-0.2, -0.15) is 0 Å². The molecule has 1 aromatic rings. The minimum atomic E-state index is 0.599. The van der Waals surface area contributed by atoms with Crippen molar-refractivity contribution >= 4 is 16.9 Å². The molecule has 2 atom stereocenters. The number of amidine groups is 1. The van der Waals surface area contributed by atoms with E-state index in [0.717, 1.165) is 17.5 Å². The average molecular weight is 260 g/mol. The lowest BCUT2D eigenvalue weighted by Crippen LogP contribution is -2.32. The highest BCUT2D eigenvalue weighted by Gasteiger charge is 2.26. The molecule has 1 N–H and O–H groups in total. The number of nitrogens with zero attached hydrogens (tertiary/aromatic N) is 1. The average Bonchev–Trinajstić information content (AvgIpc) is 2.79. The molecule has 18 heavy (non-hydrogen) atoms. The third kappa shape index (κ3) is 2.28. The summed E-state index contributed by atoms with van der Waals surface area (Å²) in [5, 5.41) is 4.68. The second-order valence-electron chi connectivity index (χ2n) is 5.55. The maximum atomic E-state index is 4.75. The van der Waals surface area contributed by atoms with Gasteiger partial charge in [-0.05, 0) is 23.5 Å². The Labute approximate surface area is 113 Å². The quantitative estimate of drug-likeness (QED) is 0.903. The highest BCUT2D eigenvalue weighted by molar-refractivity contribution is 8.14. The molecule has 3 rings (SSSR count). The molecule has 2 aliphatic rings. The summed E-state index contributed by atoms with van der Waals surface area (Å²) in [6.07, 6.45) is 1.20. The van der Waals surface area contributed by atoms with Crippen molar-refractivity contribution in [3.63, 3.8) is 0 Å². The number of hydrogen-bond acceptors (Lipinski definition) is 2. The Kier molecular flexibility index (Phi) is 3.33. The first-order valence-electron chi connectivity index (χ1n) is 6.75. The van der Waals surface area contributed by atoms with Crippen LogP contribution in [0.2, 0.25) is 0 Å². The van der Waals surface area contributed by atoms with Crippen LogP contribution in [0.15, 0.2) is 29.3 Å². The molecule has 3 heteroatoms. The van der Waals surface area contributed by atoms with Crippen LogP contribution in [0, 0.1) is 5.92 Å². The van der Waals surface area contributed by atoms with E-state index in [1.165, 1.54) is 17.5 Å². The third-order valence-corrected chi connectivity index (χ3v) is 4.98. The molecule has 0 aromatic heterocycles. The molecule has 1 saturated heterocycles. The predicted octanol–water partition coefficient (Wildman–Crippen LogP) is 3.04. The first kappa shape index (κ1) is 12.1. The van der Waals surface area contributed by atoms with Gasteiger partial charge >= 0.3 is 0 Å². The largest absolute Gasteiger partial charge is 0.361 e. The molecule has 1 aliphatic heterocycles. The van der Waals surface area contributed by atoms with Crippen molar-refractivity contribution in [2.45, 2.75) is 32.2 Å². The maximum Gasteiger partial charge on any atom is 0.156 e. The van der Waals surface area contributed by atoms with Crippen molar-refractivity contribution in [3.05, 3.63) is 35.4 Å². The van der Waals surface area contributed by atoms with E-state index in [2.05, 4.69) is 43.4 Å². The molecule has 1 fully saturated rings. The summed E-state index contributed by atoms with van der Waals surface area (Å²) in [6.45, 7) is 5.48. The molecule has 96 valence electrons. The van der Waals surface area contributed by atoms with E-state index in [9.17, 15) is 0 Å². The van der Waals surface area contributed by atoms with Crippen molar-refractivity contribution < 1.29 is 0 Å². The zero-order valence-electron chi connectivity index (χ0n) is 11.0. The van der Waals surface area contributed by atoms with Gasteiger partial charge in [0.05, 0.1) is 0 Å². The van der Waals surface area contributed by atoms with Crippen molar-refractivity contribution in [2.24, 2.45) is 10.9 Å². The summed E-state index contributed by atoms with van der Waals surface area (Å²) < 4.78 is 0. The van der Waals surface area contributed by atoms with Crippen LogP contribution < -0.4 is 5.32 Å². The molecule has 1 aliphatic carbocycles. The Morgan fingerprint density at radius 1 is 1.39 bits per heavy atom. The first-order chi connectivity index (χ1) is 8.74. The van der Waals surface area contributed by atoms with Crippen LogP contribution in [0.25, 0.3) is 0 Å². The Hall–Kier alpha value is -0.960. The van der Waals surface area contributed by atoms with Gasteiger partial charge in [0.25, 0.3) is 0 Å². The number of benzene rings is 1. The fourth-order valence-corrected chi connectivity index (χ4v) is 3.79. The monoisotopic (exact) mass is 260 g/mol. The predicted molar refractivity (Wildman–Crippen MR) is 79.4 cm³/mol. The number of fused-ring (bicyclic) bond motifs is 1. The Bertz CT molecular complexity index is 467. The van der Waals surface area contributed by atoms with E-state index >= 15 is 0 Å². The molecular weight excluding hydrogens is 240 g/mol. The number of nitrogens with one attached hydrogen (secondary N) is 1. The van der Waals surface area contributed by atoms with Gasteiger partial charge in [0, 0.05) is 24.3 Å². The van der Waals surface area contributed by atoms with Crippen LogP contribution >= 0.6 is 11.8 Å². The molecule has 1 unspecified atom stereocenters. The van der Waals surface area contributed by atoms with E-state index in [-0.39, 0.29) is 0 Å². The van der Waals surface area contributed by atoms with Gasteiger partial charge < -0.3 is 5.32 Å². The molecule has 0 bridgehead atoms. The van der Waals surface area contributed by atoms with E-state index < -0.39 is 0 Å². The lowest BCUT2D eigenvalue weighted by Gasteiger charge is -2.28. The van der Waals surface area contributed by atoms with Crippen molar-refractivity contribution in [3.8, 4) is 0 Å². The summed E-state index contributed by atoms with van der Waals surface area (Å²) in [6, 6.07) is 9.34. The lowest BCUT2D eigenvalue weighted by atomic mass is 9.78. The van der Waals surface area contributed by atoms with E-state index in [1.54, 1.807) is 0 Å². The minimum Gasteiger partial charge on any atom is -0.361 e. The van der Waals surface area contributed by atoms with Crippen molar-refractivity contribution in [1.82, 2.24) is 5.32 Å². The molecular formula is C15H20N2S. The van der Waals surface area contributed by atoms with Gasteiger partial charge in [0.1, 0.15) is 0 Å². The summed E-state index contributed by atoms with van der Waals surface area (Å²) in [4.78, 5) is 4.75. The summed E-state index contributed by atoms with van der Waals surface area (Å²) in [7, 11) is 0. The highest BCUT2D eigenvalue weighted by atomic mass is 32.2. The number of aliphatic imine (C=N–C) groups is 1. The van der Waals surface area contributed by atoms with Gasteiger partial charge in [0.15, 0.2) is 5.17 Å². The molecule has 1 aromatic carbocycles. The second-order valence-corrected chi connectivity index (χ2v) is 6.56. The van der Waals surface area contributed by atoms with Crippen LogP contribution in [0.3, 0.4) is 0 Å². The summed E-state index contributed by atoms with van der Waals surface area (Å²) in [5.74, 6) is 2.50. The lowest BCUT2D eigenvalue weighted by molar-refractivity contribution is 0.502. The smallest absolute Gasteiger partial charge is 0.156 e. The third-order valence-electron chi connectivity index (χ3n) is 3.93. The Morgan fingerprint density at radius 3 is 2.94 bits per heavy atom. The highest BCUT2D eigenvalue weighted by Crippen LogP contribution is 2.35. The van der Waals surface area contributed by atoms with Gasteiger partial charge in [-0.1, -0.05) is 49.9 Å². The first-order valence-corrected chi connectivity index (χ1v) is 7.74. The molecule has 0 saturated carbocycles. The Morgan fingerprint density at radius 2 is 2.22 bits per heavy atom. The molecule has 1 heterocycles. The Balaban J connectivity index is 1.57. The van der Waals surface area contributed by atoms with E-state index in [4.69, 9.17) is 4.99 Å². The summed E-state index contributed by atoms with van der Waals surface area (Å²) in [5.41, 5.74) is 3.01. The van der Waals surface area contributed by atoms with Gasteiger partial charge in [0.2, 0.25) is 0 Å². The zero-order chi connectivity index (χ0) is 12.5. The van der Waals surface area contributed by atoms with E-state index in [0.29, 0.717) is 17.9 Å². The number of rotatable bonds is 3. The fraction of sp³-hybridized carbons (Fsp3) is 0.533. The van der Waals surface area contributed by atoms with E-state index in [1.807, 2.05) is 11.8 Å². The van der Waals surface area contributed by atoms with Crippen LogP contribution in [-0.4, -0.2) is 23.5 Å². The van der Waals surface area contributed by atoms with Gasteiger partial charge in [-0.3, -0.25) is 4.99 Å². The normalized spacial score (nSPS) is 28.1. The van der Waals surface area contributed by atoms with Crippen molar-refractivity contribution in [2.75, 3.05) is 12.3 Å². The topological polar surface area (TPSA) is 24.4 Å². The van der Waals surface area contributed by atoms with Gasteiger partial charge in [-0.15, -0.1) is 0 Å². The van der Waals surface area contributed by atoms with Crippen molar-refractivity contribution in [1.29, 1.82) is 0 Å². The standard InChI is InChI=1S/C15H20N2S/c1-10(2)14-9-18-15(17-14)16-8-12-7-11-5-3-4-6-13(11)12/h3-6,10,12,14H,7-9H2,1-2H3,(H,16,17)/t12?,14-/m1/s1. The summed E-state index contributed by atoms with van der Waals surface area (Å²) >= 11 is 1.88. The minimum absolute atomic E-state index is 0.599. The van der Waals surface area contributed by atoms with Crippen LogP contribution in [0.1, 0.15) is 30.9 Å². The SMILES string of the molecule is CC(C)[C@H]1CSC(=NCC2Cc3ccccc32)N1. The van der Waals surface area contributed by atoms with Crippen LogP contribution in [-0.2, 0) is 6.42 Å². The van der Waals surface area contributed by atoms with Crippen LogP contribution in [0.5, 0.6) is 0 Å².